The van der Waals surface area contributed by atoms with Crippen LogP contribution in [0.5, 0.6) is 0 Å². The second-order valence-corrected chi connectivity index (χ2v) is 2.34. The van der Waals surface area contributed by atoms with Crippen molar-refractivity contribution in [2.24, 2.45) is 0 Å². The Kier molecular flexibility index (Phi) is 4.19. The molecule has 0 radical (unpaired) electrons. The second-order valence-electron chi connectivity index (χ2n) is 0.854. The number of hydrogen-bond acceptors (Lipinski definition) is 0. The first-order valence-corrected chi connectivity index (χ1v) is 3.81. The van der Waals surface area contributed by atoms with Gasteiger partial charge in [0.25, 0.3) is 0 Å². The fourth-order valence-electron chi connectivity index (χ4n) is 0. The van der Waals surface area contributed by atoms with Gasteiger partial charge in [-0.3, -0.25) is 0 Å². The van der Waals surface area contributed by atoms with Crippen molar-refractivity contribution in [3.8, 4) is 0 Å². The predicted molar refractivity (Wildman–Crippen MR) is 17.2 cm³/mol. The average molecular weight is 110 g/mol. The molecule has 0 aliphatic heterocycles. The van der Waals surface area contributed by atoms with Crippen LogP contribution < -0.4 is 0 Å². The fraction of sp³-hybridized carbons (Fsp3) is 1.00. The third-order valence-electron chi connectivity index (χ3n) is 0.354. The summed E-state index contributed by atoms with van der Waals surface area (Å²) in [5.41, 5.74) is 0. The van der Waals surface area contributed by atoms with Gasteiger partial charge in [-0.2, -0.15) is 0 Å². The van der Waals surface area contributed by atoms with Gasteiger partial charge in [0.1, 0.15) is 0 Å². The third kappa shape index (κ3) is 2.62. The van der Waals surface area contributed by atoms with E-state index in [9.17, 15) is 0 Å². The summed E-state index contributed by atoms with van der Waals surface area (Å²) >= 11 is 1.47. The Balaban J connectivity index is 0. The molecule has 0 aromatic carbocycles. The minimum Gasteiger partial charge on any atom is 0 e. The normalized spacial score (nSPS) is 7.75. The van der Waals surface area contributed by atoms with E-state index >= 15 is 0 Å². The van der Waals surface area contributed by atoms with Crippen LogP contribution in [0.25, 0.3) is 0 Å². The summed E-state index contributed by atoms with van der Waals surface area (Å²) in [6.07, 6.45) is 1.38. The van der Waals surface area contributed by atoms with Crippen LogP contribution in [0.15, 0.2) is 0 Å². The Hall–Kier alpha value is 0.623. The van der Waals surface area contributed by atoms with E-state index in [4.69, 9.17) is 0 Å². The maximum atomic E-state index is 2.21. The van der Waals surface area contributed by atoms with E-state index in [1.165, 1.54) is 29.7 Å². The number of rotatable bonds is 1. The van der Waals surface area contributed by atoms with Crippen LogP contribution in [-0.4, -0.2) is 0 Å². The molecule has 0 N–H and O–H groups in total. The van der Waals surface area contributed by atoms with E-state index in [0.29, 0.717) is 0 Å². The Morgan fingerprint density at radius 3 is 2.25 bits per heavy atom. The van der Waals surface area contributed by atoms with Crippen LogP contribution in [0, 0.1) is 0 Å². The van der Waals surface area contributed by atoms with Gasteiger partial charge in [0.05, 0.1) is 0 Å². The molecule has 0 rings (SSSR count). The Labute approximate surface area is 38.8 Å². The van der Waals surface area contributed by atoms with E-state index in [-0.39, 0.29) is 1.43 Å². The first-order valence-electron chi connectivity index (χ1n) is 1.71. The van der Waals surface area contributed by atoms with Gasteiger partial charge in [-0.1, -0.05) is 0 Å². The van der Waals surface area contributed by atoms with Crippen LogP contribution in [0.3, 0.4) is 0 Å². The molecule has 0 aliphatic rings. The van der Waals surface area contributed by atoms with Gasteiger partial charge in [0, 0.05) is 1.43 Å². The number of hydrogen-bond donors (Lipinski definition) is 0. The van der Waals surface area contributed by atoms with Gasteiger partial charge < -0.3 is 0 Å². The molecule has 4 heavy (non-hydrogen) atoms. The van der Waals surface area contributed by atoms with Crippen molar-refractivity contribution in [2.75, 3.05) is 0 Å². The molecule has 0 heterocycles. The molecule has 0 saturated heterocycles. The SMILES string of the molecule is CC[CH2][Zn].[HH]. The molecule has 0 nitrogen and oxygen atoms in total. The quantitative estimate of drug-likeness (QED) is 0.450. The summed E-state index contributed by atoms with van der Waals surface area (Å²) < 4.78 is 0. The van der Waals surface area contributed by atoms with Crippen LogP contribution in [-0.2, 0) is 18.3 Å². The largest absolute Gasteiger partial charge is 0 e. The fourth-order valence-corrected chi connectivity index (χ4v) is 0. The Morgan fingerprint density at radius 2 is 2.25 bits per heavy atom. The molecule has 1 heteroatoms. The second kappa shape index (κ2) is 3.62. The summed E-state index contributed by atoms with van der Waals surface area (Å²) in [7, 11) is 0. The molecule has 0 fully saturated rings. The van der Waals surface area contributed by atoms with E-state index < -0.39 is 0 Å². The van der Waals surface area contributed by atoms with Crippen LogP contribution in [0.4, 0.5) is 0 Å². The van der Waals surface area contributed by atoms with Gasteiger partial charge >= 0.3 is 36.7 Å². The maximum Gasteiger partial charge on any atom is 0 e. The van der Waals surface area contributed by atoms with E-state index in [2.05, 4.69) is 6.92 Å². The van der Waals surface area contributed by atoms with Crippen molar-refractivity contribution in [1.82, 2.24) is 0 Å². The molecule has 0 bridgehead atoms. The molecule has 23 valence electrons. The van der Waals surface area contributed by atoms with Crippen molar-refractivity contribution in [3.05, 3.63) is 0 Å². The minimum atomic E-state index is 0. The van der Waals surface area contributed by atoms with Crippen molar-refractivity contribution >= 4 is 0 Å². The molecule has 0 atom stereocenters. The Bertz CT molecular complexity index is 8.85. The summed E-state index contributed by atoms with van der Waals surface area (Å²) in [6.45, 7) is 2.21. The standard InChI is InChI=1S/C3H7.Zn.H2/c1-3-2;;/h1,3H2,2H3;;1H. The first kappa shape index (κ1) is 4.62. The molecule has 0 aliphatic carbocycles. The van der Waals surface area contributed by atoms with Crippen molar-refractivity contribution in [2.45, 2.75) is 18.4 Å². The van der Waals surface area contributed by atoms with Gasteiger partial charge in [-0.05, 0) is 0 Å². The third-order valence-corrected chi connectivity index (χ3v) is 1.84. The summed E-state index contributed by atoms with van der Waals surface area (Å²) in [4.78, 5) is 0. The molecular formula is C3H9Zn. The van der Waals surface area contributed by atoms with E-state index in [0.717, 1.165) is 0 Å². The maximum absolute atomic E-state index is 2.21. The van der Waals surface area contributed by atoms with Gasteiger partial charge in [-0.25, -0.2) is 0 Å². The van der Waals surface area contributed by atoms with Gasteiger partial charge in [0.15, 0.2) is 0 Å². The predicted octanol–water partition coefficient (Wildman–Crippen LogP) is 1.61. The molecule has 0 aromatic heterocycles. The molecule has 0 aromatic rings. The minimum absolute atomic E-state index is 0. The van der Waals surface area contributed by atoms with Crippen molar-refractivity contribution in [3.63, 3.8) is 0 Å². The summed E-state index contributed by atoms with van der Waals surface area (Å²) in [5, 5.41) is 1.44. The summed E-state index contributed by atoms with van der Waals surface area (Å²) in [6, 6.07) is 0. The monoisotopic (exact) mass is 109 g/mol. The van der Waals surface area contributed by atoms with Crippen LogP contribution >= 0.6 is 0 Å². The summed E-state index contributed by atoms with van der Waals surface area (Å²) in [5.74, 6) is 0. The zero-order chi connectivity index (χ0) is 3.41. The molecule has 0 saturated carbocycles. The van der Waals surface area contributed by atoms with Gasteiger partial charge in [-0.15, -0.1) is 0 Å². The molecular weight excluding hydrogens is 101 g/mol. The van der Waals surface area contributed by atoms with Crippen LogP contribution in [0.2, 0.25) is 5.02 Å². The van der Waals surface area contributed by atoms with Crippen molar-refractivity contribution < 1.29 is 19.7 Å². The van der Waals surface area contributed by atoms with Crippen LogP contribution in [0.1, 0.15) is 14.8 Å². The van der Waals surface area contributed by atoms with Crippen molar-refractivity contribution in [1.29, 1.82) is 0 Å². The zero-order valence-electron chi connectivity index (χ0n) is 3.12. The average Bonchev–Trinajstić information content (AvgIpc) is 1.37. The Morgan fingerprint density at radius 1 is 2.00 bits per heavy atom. The first-order chi connectivity index (χ1) is 1.91. The van der Waals surface area contributed by atoms with E-state index in [1.54, 1.807) is 0 Å². The zero-order valence-corrected chi connectivity index (χ0v) is 6.09. The molecule has 0 unspecified atom stereocenters. The molecule has 0 spiro atoms. The topological polar surface area (TPSA) is 0 Å². The van der Waals surface area contributed by atoms with E-state index in [1.807, 2.05) is 0 Å². The smallest absolute Gasteiger partial charge is 0 e. The van der Waals surface area contributed by atoms with Gasteiger partial charge in [0.2, 0.25) is 0 Å². The molecule has 0 amide bonds.